The minimum absolute atomic E-state index is 0.00802. The van der Waals surface area contributed by atoms with Crippen LogP contribution in [0.2, 0.25) is 0 Å². The summed E-state index contributed by atoms with van der Waals surface area (Å²) in [6, 6.07) is 11.0. The van der Waals surface area contributed by atoms with Gasteiger partial charge in [-0.15, -0.1) is 0 Å². The maximum absolute atomic E-state index is 9.61. The van der Waals surface area contributed by atoms with Crippen LogP contribution in [0, 0.1) is 74.9 Å². The summed E-state index contributed by atoms with van der Waals surface area (Å²) in [7, 11) is 0. The number of aryl methyl sites for hydroxylation is 1. The van der Waals surface area contributed by atoms with Crippen LogP contribution >= 0.6 is 0 Å². The first-order chi connectivity index (χ1) is 16.0. The summed E-state index contributed by atoms with van der Waals surface area (Å²) in [5.41, 5.74) is -0.525. The molecule has 0 aliphatic carbocycles. The normalized spacial score (nSPS) is 11.0. The van der Waals surface area contributed by atoms with Crippen molar-refractivity contribution >= 4 is 33.5 Å². The monoisotopic (exact) mass is 427 g/mol. The Labute approximate surface area is 187 Å². The van der Waals surface area contributed by atoms with E-state index in [-0.39, 0.29) is 61.8 Å². The maximum atomic E-state index is 9.61. The second-order valence-corrected chi connectivity index (χ2v) is 6.37. The Balaban J connectivity index is 2.64. The summed E-state index contributed by atoms with van der Waals surface area (Å²) in [5, 5.41) is 56.5. The summed E-state index contributed by atoms with van der Waals surface area (Å²) in [5.74, 6) is 0. The van der Waals surface area contributed by atoms with Crippen LogP contribution < -0.4 is 0 Å². The highest BCUT2D eigenvalue weighted by Crippen LogP contribution is 2.35. The highest BCUT2D eigenvalue weighted by Gasteiger charge is 2.22. The zero-order chi connectivity index (χ0) is 24.1. The van der Waals surface area contributed by atoms with Gasteiger partial charge in [0, 0.05) is 5.56 Å². The molecule has 11 heteroatoms. The van der Waals surface area contributed by atoms with E-state index in [1.165, 1.54) is 6.08 Å². The Bertz CT molecular complexity index is 1670. The van der Waals surface area contributed by atoms with Gasteiger partial charge in [-0.2, -0.15) is 31.6 Å². The zero-order valence-electron chi connectivity index (χ0n) is 17.2. The number of hydrogen-bond donors (Lipinski definition) is 0. The van der Waals surface area contributed by atoms with Crippen LogP contribution in [-0.2, 0) is 0 Å². The molecule has 0 spiro atoms. The molecule has 1 aromatic carbocycles. The summed E-state index contributed by atoms with van der Waals surface area (Å²) < 4.78 is 0. The Morgan fingerprint density at radius 2 is 1.18 bits per heavy atom. The molecule has 0 aliphatic rings. The lowest BCUT2D eigenvalue weighted by Crippen LogP contribution is -2.04. The highest BCUT2D eigenvalue weighted by molar-refractivity contribution is 6.17. The molecule has 0 saturated carbocycles. The fourth-order valence-corrected chi connectivity index (χ4v) is 3.02. The number of aliphatic imine (C=N–C) groups is 1. The second kappa shape index (κ2) is 8.95. The lowest BCUT2D eigenvalue weighted by Gasteiger charge is -2.11. The average molecular weight is 427 g/mol. The Morgan fingerprint density at radius 1 is 0.727 bits per heavy atom. The summed E-state index contributed by atoms with van der Waals surface area (Å²) in [6.45, 7) is 3.38. The minimum atomic E-state index is -0.279. The first kappa shape index (κ1) is 21.9. The molecule has 152 valence electrons. The second-order valence-electron chi connectivity index (χ2n) is 6.37. The van der Waals surface area contributed by atoms with E-state index in [1.807, 2.05) is 12.1 Å². The summed E-state index contributed by atoms with van der Waals surface area (Å²) in [6.07, 6.45) is 2.02. The van der Waals surface area contributed by atoms with Gasteiger partial charge >= 0.3 is 0 Å². The molecule has 0 bridgehead atoms. The number of fused-ring (bicyclic) bond motifs is 3. The van der Waals surface area contributed by atoms with Crippen molar-refractivity contribution < 1.29 is 0 Å². The van der Waals surface area contributed by atoms with Gasteiger partial charge in [0.05, 0.1) is 16.8 Å². The van der Waals surface area contributed by atoms with Gasteiger partial charge in [-0.3, -0.25) is 0 Å². The van der Waals surface area contributed by atoms with E-state index in [0.717, 1.165) is 0 Å². The van der Waals surface area contributed by atoms with E-state index in [9.17, 15) is 31.6 Å². The van der Waals surface area contributed by atoms with Crippen LogP contribution in [-0.4, -0.2) is 25.6 Å². The van der Waals surface area contributed by atoms with Gasteiger partial charge in [-0.05, 0) is 13.3 Å². The third-order valence-electron chi connectivity index (χ3n) is 4.49. The van der Waals surface area contributed by atoms with Gasteiger partial charge in [0.15, 0.2) is 28.5 Å². The minimum Gasteiger partial charge on any atom is -0.234 e. The molecular formula is C22H9N11. The van der Waals surface area contributed by atoms with Gasteiger partial charge in [-0.25, -0.2) is 24.9 Å². The van der Waals surface area contributed by atoms with Crippen LogP contribution in [0.15, 0.2) is 16.6 Å². The van der Waals surface area contributed by atoms with Crippen molar-refractivity contribution in [2.45, 2.75) is 20.3 Å². The fraction of sp³-hybridized carbons (Fsp3) is 0.136. The van der Waals surface area contributed by atoms with Gasteiger partial charge in [0.1, 0.15) is 53.0 Å². The van der Waals surface area contributed by atoms with E-state index in [0.29, 0.717) is 12.0 Å². The Hall–Kier alpha value is -5.75. The molecule has 0 radical (unpaired) electrons. The Morgan fingerprint density at radius 3 is 1.61 bits per heavy atom. The number of allylic oxidation sites excluding steroid dienone is 2. The quantitative estimate of drug-likeness (QED) is 0.339. The van der Waals surface area contributed by atoms with Crippen molar-refractivity contribution in [2.75, 3.05) is 0 Å². The molecule has 0 amide bonds. The predicted molar refractivity (Wildman–Crippen MR) is 113 cm³/mol. The molecule has 0 atom stereocenters. The third-order valence-corrected chi connectivity index (χ3v) is 4.49. The average Bonchev–Trinajstić information content (AvgIpc) is 2.85. The van der Waals surface area contributed by atoms with Crippen molar-refractivity contribution in [1.82, 2.24) is 19.9 Å². The molecule has 0 unspecified atom stereocenters. The number of rotatable bonds is 3. The molecule has 3 aromatic rings. The molecule has 2 heterocycles. The smallest absolute Gasteiger partial charge is 0.177 e. The molecule has 33 heavy (non-hydrogen) atoms. The van der Waals surface area contributed by atoms with E-state index >= 15 is 0 Å². The first-order valence-corrected chi connectivity index (χ1v) is 9.23. The topological polar surface area (TPSA) is 207 Å². The number of hydrogen-bond acceptors (Lipinski definition) is 11. The van der Waals surface area contributed by atoms with Gasteiger partial charge in [0.25, 0.3) is 0 Å². The van der Waals surface area contributed by atoms with Crippen molar-refractivity contribution in [3.05, 3.63) is 40.0 Å². The van der Waals surface area contributed by atoms with Gasteiger partial charge in [0.2, 0.25) is 0 Å². The molecule has 11 nitrogen and oxygen atoms in total. The summed E-state index contributed by atoms with van der Waals surface area (Å²) in [4.78, 5) is 21.1. The van der Waals surface area contributed by atoms with Crippen molar-refractivity contribution in [3.63, 3.8) is 0 Å². The molecule has 0 N–H and O–H groups in total. The SMILES string of the molecule is CC/C=C(C#N)/C(C#N)=N\c1c(C)c2nc(C#N)c(C#N)nc2c2nc(C#N)c(C#N)nc12. The van der Waals surface area contributed by atoms with Crippen molar-refractivity contribution in [3.8, 4) is 36.4 Å². The van der Waals surface area contributed by atoms with Crippen LogP contribution in [0.1, 0.15) is 41.7 Å². The van der Waals surface area contributed by atoms with Crippen molar-refractivity contribution in [2.24, 2.45) is 4.99 Å². The van der Waals surface area contributed by atoms with Crippen LogP contribution in [0.25, 0.3) is 22.1 Å². The predicted octanol–water partition coefficient (Wildman–Crippen LogP) is 2.82. The van der Waals surface area contributed by atoms with E-state index in [1.54, 1.807) is 38.1 Å². The van der Waals surface area contributed by atoms with Crippen LogP contribution in [0.4, 0.5) is 5.69 Å². The Kier molecular flexibility index (Phi) is 5.95. The first-order valence-electron chi connectivity index (χ1n) is 9.23. The standard InChI is InChI=1S/C22H9N11/c1-3-4-12(5-23)13(6-24)29-18-11(2)19-21(31-15(8-26)14(7-25)30-19)22-20(18)32-16(9-27)17(10-28)33-22/h4H,3H2,1-2H3/b12-4+,29-13-. The van der Waals surface area contributed by atoms with E-state index in [2.05, 4.69) is 24.9 Å². The van der Waals surface area contributed by atoms with Crippen LogP contribution in [0.5, 0.6) is 0 Å². The number of nitrogens with zero attached hydrogens (tertiary/aromatic N) is 11. The third kappa shape index (κ3) is 3.63. The molecule has 3 rings (SSSR count). The zero-order valence-corrected chi connectivity index (χ0v) is 17.2. The molecule has 0 saturated heterocycles. The van der Waals surface area contributed by atoms with Crippen molar-refractivity contribution in [1.29, 1.82) is 31.6 Å². The molecule has 0 fully saturated rings. The molecular weight excluding hydrogens is 418 g/mol. The number of benzene rings is 1. The molecule has 2 aromatic heterocycles. The van der Waals surface area contributed by atoms with Gasteiger partial charge < -0.3 is 0 Å². The number of nitriles is 6. The van der Waals surface area contributed by atoms with E-state index in [4.69, 9.17) is 0 Å². The maximum Gasteiger partial charge on any atom is 0.177 e. The largest absolute Gasteiger partial charge is 0.234 e. The van der Waals surface area contributed by atoms with Crippen LogP contribution in [0.3, 0.4) is 0 Å². The molecule has 0 aliphatic heterocycles. The van der Waals surface area contributed by atoms with E-state index < -0.39 is 0 Å². The number of aromatic nitrogens is 4. The summed E-state index contributed by atoms with van der Waals surface area (Å²) >= 11 is 0. The van der Waals surface area contributed by atoms with Gasteiger partial charge in [-0.1, -0.05) is 13.0 Å². The lowest BCUT2D eigenvalue weighted by atomic mass is 10.1. The lowest BCUT2D eigenvalue weighted by molar-refractivity contribution is 1.16. The fourth-order valence-electron chi connectivity index (χ4n) is 3.02. The highest BCUT2D eigenvalue weighted by atomic mass is 14.9.